The van der Waals surface area contributed by atoms with E-state index in [2.05, 4.69) is 20.3 Å². The van der Waals surface area contributed by atoms with Crippen LogP contribution in [0, 0.1) is 6.92 Å². The monoisotopic (exact) mass is 291 g/mol. The molecular weight excluding hydrogens is 278 g/mol. The number of anilines is 1. The van der Waals surface area contributed by atoms with Crippen molar-refractivity contribution in [3.05, 3.63) is 60.3 Å². The van der Waals surface area contributed by atoms with E-state index in [9.17, 15) is 4.79 Å². The van der Waals surface area contributed by atoms with E-state index < -0.39 is 0 Å². The van der Waals surface area contributed by atoms with Crippen LogP contribution in [-0.2, 0) is 0 Å². The fraction of sp³-hybridized carbons (Fsp3) is 0.0625. The van der Waals surface area contributed by atoms with Crippen molar-refractivity contribution in [1.29, 1.82) is 0 Å². The van der Waals surface area contributed by atoms with Gasteiger partial charge >= 0.3 is 0 Å². The molecule has 2 N–H and O–H groups in total. The lowest BCUT2D eigenvalue weighted by Crippen LogP contribution is -2.13. The van der Waals surface area contributed by atoms with Crippen LogP contribution in [0.4, 0.5) is 5.69 Å². The van der Waals surface area contributed by atoms with Crippen LogP contribution >= 0.6 is 0 Å². The Morgan fingerprint density at radius 3 is 3.09 bits per heavy atom. The van der Waals surface area contributed by atoms with Gasteiger partial charge in [-0.15, -0.1) is 0 Å². The molecule has 3 aromatic heterocycles. The number of carbonyl (C=O) groups excluding carboxylic acids is 1. The van der Waals surface area contributed by atoms with Gasteiger partial charge in [0.25, 0.3) is 5.91 Å². The number of hydrogen-bond acceptors (Lipinski definition) is 3. The first kappa shape index (κ1) is 12.6. The molecule has 0 aliphatic heterocycles. The Bertz CT molecular complexity index is 998. The quantitative estimate of drug-likeness (QED) is 0.596. The van der Waals surface area contributed by atoms with Crippen molar-refractivity contribution in [2.24, 2.45) is 0 Å². The molecule has 6 nitrogen and oxygen atoms in total. The topological polar surface area (TPSA) is 75.1 Å². The second kappa shape index (κ2) is 4.70. The lowest BCUT2D eigenvalue weighted by atomic mass is 10.2. The number of hydrogen-bond donors (Lipinski definition) is 2. The van der Waals surface area contributed by atoms with Gasteiger partial charge in [-0.25, -0.2) is 9.97 Å². The van der Waals surface area contributed by atoms with E-state index in [1.165, 1.54) is 0 Å². The van der Waals surface area contributed by atoms with E-state index >= 15 is 0 Å². The first-order valence-corrected chi connectivity index (χ1v) is 6.89. The van der Waals surface area contributed by atoms with Gasteiger partial charge < -0.3 is 10.3 Å². The molecule has 1 aromatic carbocycles. The van der Waals surface area contributed by atoms with Gasteiger partial charge in [0.1, 0.15) is 5.69 Å². The second-order valence-corrected chi connectivity index (χ2v) is 5.15. The van der Waals surface area contributed by atoms with Crippen molar-refractivity contribution in [1.82, 2.24) is 19.4 Å². The zero-order valence-corrected chi connectivity index (χ0v) is 11.9. The fourth-order valence-electron chi connectivity index (χ4n) is 2.51. The predicted octanol–water partition coefficient (Wildman–Crippen LogP) is 2.77. The highest BCUT2D eigenvalue weighted by atomic mass is 16.1. The molecule has 0 fully saturated rings. The van der Waals surface area contributed by atoms with Crippen molar-refractivity contribution in [3.63, 3.8) is 0 Å². The summed E-state index contributed by atoms with van der Waals surface area (Å²) in [4.78, 5) is 23.8. The number of aromatic amines is 1. The average Bonchev–Trinajstić information content (AvgIpc) is 3.13. The van der Waals surface area contributed by atoms with Gasteiger partial charge in [0, 0.05) is 29.5 Å². The van der Waals surface area contributed by atoms with Crippen molar-refractivity contribution < 1.29 is 4.79 Å². The number of nitrogens with one attached hydrogen (secondary N) is 2. The lowest BCUT2D eigenvalue weighted by Gasteiger charge is -2.03. The Morgan fingerprint density at radius 2 is 2.23 bits per heavy atom. The third-order valence-corrected chi connectivity index (χ3v) is 3.61. The summed E-state index contributed by atoms with van der Waals surface area (Å²) in [5.41, 5.74) is 3.23. The minimum Gasteiger partial charge on any atom is -0.350 e. The molecule has 3 heterocycles. The Hall–Kier alpha value is -3.15. The van der Waals surface area contributed by atoms with E-state index in [4.69, 9.17) is 0 Å². The summed E-state index contributed by atoms with van der Waals surface area (Å²) in [6, 6.07) is 7.82. The first-order valence-electron chi connectivity index (χ1n) is 6.89. The van der Waals surface area contributed by atoms with Crippen LogP contribution in [0.5, 0.6) is 0 Å². The van der Waals surface area contributed by atoms with E-state index in [1.807, 2.05) is 31.2 Å². The van der Waals surface area contributed by atoms with Gasteiger partial charge in [-0.1, -0.05) is 18.2 Å². The molecule has 108 valence electrons. The molecule has 0 unspecified atom stereocenters. The summed E-state index contributed by atoms with van der Waals surface area (Å²) in [7, 11) is 0. The summed E-state index contributed by atoms with van der Waals surface area (Å²) in [6.45, 7) is 2.01. The number of fused-ring (bicyclic) bond motifs is 2. The van der Waals surface area contributed by atoms with E-state index in [1.54, 1.807) is 29.2 Å². The third-order valence-electron chi connectivity index (χ3n) is 3.61. The molecule has 0 saturated carbocycles. The SMILES string of the molecule is Cc1cccc2cc(C(=O)Nc3cnc4nccn4c3)[nH]c12. The van der Waals surface area contributed by atoms with Gasteiger partial charge in [-0.3, -0.25) is 9.20 Å². The minimum atomic E-state index is -0.197. The molecule has 0 atom stereocenters. The highest BCUT2D eigenvalue weighted by molar-refractivity contribution is 6.06. The van der Waals surface area contributed by atoms with Gasteiger partial charge in [-0.2, -0.15) is 0 Å². The van der Waals surface area contributed by atoms with E-state index in [0.29, 0.717) is 17.2 Å². The maximum Gasteiger partial charge on any atom is 0.272 e. The standard InChI is InChI=1S/C16H13N5O/c1-10-3-2-4-11-7-13(20-14(10)11)15(22)19-12-8-18-16-17-5-6-21(16)9-12/h2-9,20H,1H3,(H,19,22). The van der Waals surface area contributed by atoms with Gasteiger partial charge in [0.15, 0.2) is 0 Å². The van der Waals surface area contributed by atoms with Crippen LogP contribution in [0.15, 0.2) is 49.1 Å². The number of benzene rings is 1. The molecule has 0 spiro atoms. The summed E-state index contributed by atoms with van der Waals surface area (Å²) in [6.07, 6.45) is 6.81. The number of nitrogens with zero attached hydrogens (tertiary/aromatic N) is 3. The molecule has 0 saturated heterocycles. The summed E-state index contributed by atoms with van der Waals surface area (Å²) in [5, 5.41) is 3.86. The molecule has 4 rings (SSSR count). The van der Waals surface area contributed by atoms with Crippen molar-refractivity contribution in [2.75, 3.05) is 5.32 Å². The number of aryl methyl sites for hydroxylation is 1. The van der Waals surface area contributed by atoms with Crippen molar-refractivity contribution in [2.45, 2.75) is 6.92 Å². The molecule has 4 aromatic rings. The zero-order chi connectivity index (χ0) is 15.1. The van der Waals surface area contributed by atoms with Crippen LogP contribution in [-0.4, -0.2) is 25.3 Å². The fourth-order valence-corrected chi connectivity index (χ4v) is 2.51. The third kappa shape index (κ3) is 2.01. The average molecular weight is 291 g/mol. The van der Waals surface area contributed by atoms with Crippen LogP contribution in [0.3, 0.4) is 0 Å². The molecule has 0 aliphatic carbocycles. The Balaban J connectivity index is 1.66. The lowest BCUT2D eigenvalue weighted by molar-refractivity contribution is 0.102. The van der Waals surface area contributed by atoms with Crippen LogP contribution < -0.4 is 5.32 Å². The second-order valence-electron chi connectivity index (χ2n) is 5.15. The first-order chi connectivity index (χ1) is 10.7. The maximum atomic E-state index is 12.4. The molecule has 1 amide bonds. The smallest absolute Gasteiger partial charge is 0.272 e. The summed E-state index contributed by atoms with van der Waals surface area (Å²) >= 11 is 0. The summed E-state index contributed by atoms with van der Waals surface area (Å²) < 4.78 is 1.75. The van der Waals surface area contributed by atoms with Gasteiger partial charge in [0.05, 0.1) is 11.9 Å². The summed E-state index contributed by atoms with van der Waals surface area (Å²) in [5.74, 6) is 0.399. The number of para-hydroxylation sites is 1. The highest BCUT2D eigenvalue weighted by Gasteiger charge is 2.11. The van der Waals surface area contributed by atoms with Crippen LogP contribution in [0.2, 0.25) is 0 Å². The number of aromatic nitrogens is 4. The van der Waals surface area contributed by atoms with Gasteiger partial charge in [-0.05, 0) is 18.6 Å². The number of imidazole rings is 1. The maximum absolute atomic E-state index is 12.4. The molecule has 0 bridgehead atoms. The number of rotatable bonds is 2. The minimum absolute atomic E-state index is 0.197. The van der Waals surface area contributed by atoms with Crippen molar-refractivity contribution >= 4 is 28.3 Å². The predicted molar refractivity (Wildman–Crippen MR) is 84.0 cm³/mol. The molecule has 0 aliphatic rings. The zero-order valence-electron chi connectivity index (χ0n) is 11.9. The van der Waals surface area contributed by atoms with Crippen LogP contribution in [0.1, 0.15) is 16.1 Å². The Labute approximate surface area is 125 Å². The van der Waals surface area contributed by atoms with Crippen LogP contribution in [0.25, 0.3) is 16.7 Å². The van der Waals surface area contributed by atoms with Gasteiger partial charge in [0.2, 0.25) is 5.78 Å². The van der Waals surface area contributed by atoms with E-state index in [-0.39, 0.29) is 5.91 Å². The normalized spacial score (nSPS) is 11.1. The van der Waals surface area contributed by atoms with E-state index in [0.717, 1.165) is 16.5 Å². The molecule has 22 heavy (non-hydrogen) atoms. The highest BCUT2D eigenvalue weighted by Crippen LogP contribution is 2.19. The molecule has 6 heteroatoms. The number of amides is 1. The largest absolute Gasteiger partial charge is 0.350 e. The Morgan fingerprint density at radius 1 is 1.32 bits per heavy atom. The number of carbonyl (C=O) groups is 1. The van der Waals surface area contributed by atoms with Crippen molar-refractivity contribution in [3.8, 4) is 0 Å². The number of H-pyrrole nitrogens is 1. The Kier molecular flexibility index (Phi) is 2.69. The molecular formula is C16H13N5O. The molecule has 0 radical (unpaired) electrons.